The molecule has 1 N–H and O–H groups in total. The van der Waals surface area contributed by atoms with E-state index in [-0.39, 0.29) is 0 Å². The number of benzene rings is 1. The Morgan fingerprint density at radius 2 is 1.75 bits per heavy atom. The van der Waals surface area contributed by atoms with Crippen LogP contribution in [0.4, 0.5) is 0 Å². The van der Waals surface area contributed by atoms with Crippen molar-refractivity contribution in [3.8, 4) is 22.5 Å². The van der Waals surface area contributed by atoms with E-state index in [4.69, 9.17) is 4.42 Å². The van der Waals surface area contributed by atoms with Gasteiger partial charge in [-0.25, -0.2) is 0 Å². The van der Waals surface area contributed by atoms with Crippen LogP contribution < -0.4 is 0 Å². The topological polar surface area (TPSA) is 61.9 Å². The summed E-state index contributed by atoms with van der Waals surface area (Å²) in [5, 5.41) is 12.8. The third-order valence-electron chi connectivity index (χ3n) is 7.38. The van der Waals surface area contributed by atoms with Crippen LogP contribution in [0.25, 0.3) is 22.5 Å². The van der Waals surface area contributed by atoms with Crippen molar-refractivity contribution in [1.29, 1.82) is 0 Å². The van der Waals surface area contributed by atoms with Crippen molar-refractivity contribution in [3.05, 3.63) is 65.7 Å². The Kier molecular flexibility index (Phi) is 5.07. The molecule has 3 aliphatic rings. The van der Waals surface area contributed by atoms with Crippen LogP contribution >= 0.6 is 0 Å². The van der Waals surface area contributed by atoms with Crippen molar-refractivity contribution in [3.63, 3.8) is 0 Å². The third-order valence-corrected chi connectivity index (χ3v) is 7.38. The molecule has 1 saturated heterocycles. The maximum atomic E-state index is 9.27. The number of rotatable bonds is 5. The molecule has 1 saturated carbocycles. The Morgan fingerprint density at radius 3 is 2.50 bits per heavy atom. The van der Waals surface area contributed by atoms with Gasteiger partial charge in [-0.3, -0.25) is 4.98 Å². The first-order valence-electron chi connectivity index (χ1n) is 11.9. The average Bonchev–Trinajstić information content (AvgIpc) is 3.39. The van der Waals surface area contributed by atoms with Crippen molar-refractivity contribution in [2.75, 3.05) is 19.6 Å². The lowest BCUT2D eigenvalue weighted by atomic mass is 9.92. The fraction of sp³-hybridized carbons (Fsp3) is 0.407. The Labute approximate surface area is 188 Å². The Morgan fingerprint density at radius 1 is 0.938 bits per heavy atom. The van der Waals surface area contributed by atoms with Gasteiger partial charge in [-0.2, -0.15) is 0 Å². The SMILES string of the molecule is ON=C1CCc2cc(-c3cc(C4CCN(CC5CC5)CC4)oc3-c3ccncc3)ccc21. The molecule has 3 heterocycles. The fourth-order valence-electron chi connectivity index (χ4n) is 5.35. The summed E-state index contributed by atoms with van der Waals surface area (Å²) in [6.07, 6.45) is 10.5. The Bertz CT molecular complexity index is 1140. The first-order valence-corrected chi connectivity index (χ1v) is 11.9. The van der Waals surface area contributed by atoms with E-state index in [0.29, 0.717) is 5.92 Å². The zero-order valence-electron chi connectivity index (χ0n) is 18.3. The van der Waals surface area contributed by atoms with Gasteiger partial charge in [-0.15, -0.1) is 0 Å². The molecule has 5 heteroatoms. The smallest absolute Gasteiger partial charge is 0.142 e. The monoisotopic (exact) mass is 427 g/mol. The lowest BCUT2D eigenvalue weighted by Gasteiger charge is -2.31. The van der Waals surface area contributed by atoms with E-state index in [9.17, 15) is 5.21 Å². The van der Waals surface area contributed by atoms with E-state index in [1.807, 2.05) is 24.5 Å². The molecule has 32 heavy (non-hydrogen) atoms. The predicted octanol–water partition coefficient (Wildman–Crippen LogP) is 5.72. The standard InChI is InChI=1S/C27H29N3O2/c31-29-25-6-4-21-15-22(3-5-23(21)25)24-16-26(32-27(24)20-7-11-28-12-8-20)19-9-13-30(14-10-19)17-18-1-2-18/h3,5,7-8,11-12,15-16,18-19,31H,1-2,4,6,9-10,13-14,17H2. The molecule has 1 aromatic carbocycles. The number of nitrogens with zero attached hydrogens (tertiary/aromatic N) is 3. The minimum absolute atomic E-state index is 0.474. The molecule has 2 aromatic heterocycles. The molecule has 2 aliphatic carbocycles. The number of hydrogen-bond donors (Lipinski definition) is 1. The molecule has 0 spiro atoms. The van der Waals surface area contributed by atoms with Crippen LogP contribution in [0.2, 0.25) is 0 Å². The van der Waals surface area contributed by atoms with Gasteiger partial charge in [0.05, 0.1) is 5.71 Å². The summed E-state index contributed by atoms with van der Waals surface area (Å²) in [6, 6.07) is 12.8. The quantitative estimate of drug-likeness (QED) is 0.418. The summed E-state index contributed by atoms with van der Waals surface area (Å²) < 4.78 is 6.58. The second-order valence-corrected chi connectivity index (χ2v) is 9.56. The molecule has 1 aliphatic heterocycles. The molecule has 0 unspecified atom stereocenters. The number of piperidine rings is 1. The number of aryl methyl sites for hydroxylation is 1. The molecule has 5 nitrogen and oxygen atoms in total. The highest BCUT2D eigenvalue weighted by molar-refractivity contribution is 6.04. The zero-order chi connectivity index (χ0) is 21.5. The highest BCUT2D eigenvalue weighted by Crippen LogP contribution is 2.41. The molecule has 0 radical (unpaired) electrons. The van der Waals surface area contributed by atoms with E-state index in [1.165, 1.54) is 38.0 Å². The second-order valence-electron chi connectivity index (χ2n) is 9.56. The van der Waals surface area contributed by atoms with Gasteiger partial charge in [0, 0.05) is 41.5 Å². The lowest BCUT2D eigenvalue weighted by Crippen LogP contribution is -2.34. The molecule has 6 rings (SSSR count). The molecule has 0 atom stereocenters. The van der Waals surface area contributed by atoms with Crippen LogP contribution in [0.15, 0.2) is 58.4 Å². The van der Waals surface area contributed by atoms with Gasteiger partial charge < -0.3 is 14.5 Å². The van der Waals surface area contributed by atoms with E-state index in [2.05, 4.69) is 39.3 Å². The van der Waals surface area contributed by atoms with Crippen LogP contribution in [0.3, 0.4) is 0 Å². The van der Waals surface area contributed by atoms with Gasteiger partial charge in [0.1, 0.15) is 11.5 Å². The normalized spacial score (nSPS) is 20.7. The summed E-state index contributed by atoms with van der Waals surface area (Å²) >= 11 is 0. The molecular formula is C27H29N3O2. The lowest BCUT2D eigenvalue weighted by molar-refractivity contribution is 0.196. The fourth-order valence-corrected chi connectivity index (χ4v) is 5.35. The Balaban J connectivity index is 1.33. The summed E-state index contributed by atoms with van der Waals surface area (Å²) in [4.78, 5) is 6.83. The number of hydrogen-bond acceptors (Lipinski definition) is 5. The number of fused-ring (bicyclic) bond motifs is 1. The maximum absolute atomic E-state index is 9.27. The number of likely N-dealkylation sites (tertiary alicyclic amines) is 1. The van der Waals surface area contributed by atoms with Crippen LogP contribution in [-0.4, -0.2) is 40.4 Å². The van der Waals surface area contributed by atoms with Crippen molar-refractivity contribution in [1.82, 2.24) is 9.88 Å². The molecule has 2 fully saturated rings. The highest BCUT2D eigenvalue weighted by atomic mass is 16.4. The summed E-state index contributed by atoms with van der Waals surface area (Å²) in [5.74, 6) is 3.46. The number of aromatic nitrogens is 1. The summed E-state index contributed by atoms with van der Waals surface area (Å²) in [6.45, 7) is 3.63. The molecule has 164 valence electrons. The van der Waals surface area contributed by atoms with Gasteiger partial charge in [0.2, 0.25) is 0 Å². The number of oxime groups is 1. The minimum Gasteiger partial charge on any atom is -0.460 e. The molecule has 0 amide bonds. The van der Waals surface area contributed by atoms with Gasteiger partial charge in [-0.05, 0) is 86.9 Å². The highest BCUT2D eigenvalue weighted by Gasteiger charge is 2.29. The minimum atomic E-state index is 0.474. The summed E-state index contributed by atoms with van der Waals surface area (Å²) in [7, 11) is 0. The number of furan rings is 1. The van der Waals surface area contributed by atoms with Gasteiger partial charge in [0.25, 0.3) is 0 Å². The van der Waals surface area contributed by atoms with Crippen molar-refractivity contribution < 1.29 is 9.62 Å². The average molecular weight is 428 g/mol. The van der Waals surface area contributed by atoms with Gasteiger partial charge >= 0.3 is 0 Å². The Hall–Kier alpha value is -2.92. The largest absolute Gasteiger partial charge is 0.460 e. The maximum Gasteiger partial charge on any atom is 0.142 e. The van der Waals surface area contributed by atoms with Crippen LogP contribution in [0.5, 0.6) is 0 Å². The van der Waals surface area contributed by atoms with Crippen LogP contribution in [-0.2, 0) is 6.42 Å². The van der Waals surface area contributed by atoms with E-state index in [1.54, 1.807) is 0 Å². The van der Waals surface area contributed by atoms with E-state index >= 15 is 0 Å². The third kappa shape index (κ3) is 3.75. The van der Waals surface area contributed by atoms with Gasteiger partial charge in [-0.1, -0.05) is 23.4 Å². The zero-order valence-corrected chi connectivity index (χ0v) is 18.3. The predicted molar refractivity (Wildman–Crippen MR) is 125 cm³/mol. The van der Waals surface area contributed by atoms with E-state index in [0.717, 1.165) is 71.1 Å². The van der Waals surface area contributed by atoms with Crippen LogP contribution in [0, 0.1) is 5.92 Å². The van der Waals surface area contributed by atoms with Crippen LogP contribution in [0.1, 0.15) is 54.9 Å². The number of pyridine rings is 1. The molecule has 0 bridgehead atoms. The van der Waals surface area contributed by atoms with Crippen molar-refractivity contribution >= 4 is 5.71 Å². The van der Waals surface area contributed by atoms with Crippen molar-refractivity contribution in [2.45, 2.75) is 44.4 Å². The molecule has 3 aromatic rings. The first-order chi connectivity index (χ1) is 15.8. The van der Waals surface area contributed by atoms with Crippen molar-refractivity contribution in [2.24, 2.45) is 11.1 Å². The van der Waals surface area contributed by atoms with Gasteiger partial charge in [0.15, 0.2) is 0 Å². The second kappa shape index (κ2) is 8.21. The first kappa shape index (κ1) is 19.7. The molecular weight excluding hydrogens is 398 g/mol. The summed E-state index contributed by atoms with van der Waals surface area (Å²) in [5.41, 5.74) is 6.46. The van der Waals surface area contributed by atoms with E-state index < -0.39 is 0 Å².